The topological polar surface area (TPSA) is 35.8 Å². The van der Waals surface area contributed by atoms with Crippen LogP contribution in [0.25, 0.3) is 0 Å². The van der Waals surface area contributed by atoms with E-state index in [9.17, 15) is 5.26 Å². The molecule has 1 aliphatic rings. The smallest absolute Gasteiger partial charge is 0.102 e. The van der Waals surface area contributed by atoms with Gasteiger partial charge in [-0.3, -0.25) is 5.32 Å². The molecular weight excluding hydrogens is 232 g/mol. The van der Waals surface area contributed by atoms with Crippen LogP contribution in [0.5, 0.6) is 0 Å². The summed E-state index contributed by atoms with van der Waals surface area (Å²) in [7, 11) is 0. The van der Waals surface area contributed by atoms with Gasteiger partial charge in [-0.15, -0.1) is 0 Å². The van der Waals surface area contributed by atoms with E-state index in [0.29, 0.717) is 6.04 Å². The van der Waals surface area contributed by atoms with Crippen molar-refractivity contribution in [3.8, 4) is 6.07 Å². The van der Waals surface area contributed by atoms with Crippen LogP contribution in [0.15, 0.2) is 30.3 Å². The summed E-state index contributed by atoms with van der Waals surface area (Å²) in [6, 6.07) is 13.3. The number of rotatable bonds is 4. The molecule has 0 aromatic heterocycles. The molecule has 2 nitrogen and oxygen atoms in total. The van der Waals surface area contributed by atoms with E-state index in [2.05, 4.69) is 30.4 Å². The maximum Gasteiger partial charge on any atom is 0.102 e. The highest BCUT2D eigenvalue weighted by atomic mass is 15.0. The lowest BCUT2D eigenvalue weighted by Gasteiger charge is -2.25. The van der Waals surface area contributed by atoms with Gasteiger partial charge in [0.15, 0.2) is 0 Å². The Balaban J connectivity index is 1.97. The highest BCUT2D eigenvalue weighted by molar-refractivity contribution is 5.23. The predicted octanol–water partition coefficient (Wildman–Crippen LogP) is 3.99. The van der Waals surface area contributed by atoms with E-state index in [1.165, 1.54) is 44.1 Å². The van der Waals surface area contributed by atoms with E-state index in [4.69, 9.17) is 0 Å². The van der Waals surface area contributed by atoms with E-state index in [1.807, 2.05) is 18.2 Å². The number of hydrogen-bond acceptors (Lipinski definition) is 2. The van der Waals surface area contributed by atoms with Gasteiger partial charge in [-0.2, -0.15) is 5.26 Å². The molecule has 2 heteroatoms. The van der Waals surface area contributed by atoms with Crippen LogP contribution in [-0.4, -0.2) is 12.1 Å². The Morgan fingerprint density at radius 1 is 1.11 bits per heavy atom. The predicted molar refractivity (Wildman–Crippen MR) is 78.9 cm³/mol. The van der Waals surface area contributed by atoms with E-state index >= 15 is 0 Å². The molecule has 2 atom stereocenters. The third kappa shape index (κ3) is 4.08. The van der Waals surface area contributed by atoms with Gasteiger partial charge in [-0.1, -0.05) is 62.9 Å². The van der Waals surface area contributed by atoms with Crippen molar-refractivity contribution in [2.75, 3.05) is 0 Å². The van der Waals surface area contributed by atoms with Crippen LogP contribution >= 0.6 is 0 Å². The van der Waals surface area contributed by atoms with E-state index in [1.54, 1.807) is 0 Å². The van der Waals surface area contributed by atoms with Crippen LogP contribution in [0.3, 0.4) is 0 Å². The first kappa shape index (κ1) is 14.1. The number of hydrogen-bond donors (Lipinski definition) is 1. The summed E-state index contributed by atoms with van der Waals surface area (Å²) in [6.45, 7) is 2.15. The van der Waals surface area contributed by atoms with Gasteiger partial charge in [0.2, 0.25) is 0 Å². The average Bonchev–Trinajstić information content (AvgIpc) is 2.73. The maximum absolute atomic E-state index is 9.45. The molecule has 102 valence electrons. The van der Waals surface area contributed by atoms with Gasteiger partial charge in [0, 0.05) is 12.0 Å². The standard InChI is InChI=1S/C17H24N2/c1-14(15-9-5-4-6-10-15)17(13-18)19-16-11-7-2-3-8-12-16/h4-6,9-10,14,16-17,19H,2-3,7-8,11-12H2,1H3. The Kier molecular flexibility index (Phi) is 5.42. The van der Waals surface area contributed by atoms with Crippen LogP contribution < -0.4 is 5.32 Å². The molecule has 1 fully saturated rings. The second-order valence-corrected chi connectivity index (χ2v) is 5.66. The Labute approximate surface area is 116 Å². The van der Waals surface area contributed by atoms with Gasteiger partial charge in [0.25, 0.3) is 0 Å². The molecule has 0 heterocycles. The van der Waals surface area contributed by atoms with Gasteiger partial charge in [0.05, 0.1) is 6.07 Å². The third-order valence-corrected chi connectivity index (χ3v) is 4.23. The van der Waals surface area contributed by atoms with Crippen molar-refractivity contribution in [3.63, 3.8) is 0 Å². The molecule has 0 amide bonds. The first-order chi connectivity index (χ1) is 9.31. The van der Waals surface area contributed by atoms with Gasteiger partial charge < -0.3 is 0 Å². The van der Waals surface area contributed by atoms with E-state index in [0.717, 1.165) is 0 Å². The molecule has 0 radical (unpaired) electrons. The highest BCUT2D eigenvalue weighted by Crippen LogP contribution is 2.22. The van der Waals surface area contributed by atoms with Crippen LogP contribution in [0.1, 0.15) is 56.9 Å². The fourth-order valence-corrected chi connectivity index (χ4v) is 2.94. The van der Waals surface area contributed by atoms with Gasteiger partial charge in [0.1, 0.15) is 6.04 Å². The Hall–Kier alpha value is -1.33. The fraction of sp³-hybridized carbons (Fsp3) is 0.588. The van der Waals surface area contributed by atoms with Crippen LogP contribution in [-0.2, 0) is 0 Å². The summed E-state index contributed by atoms with van der Waals surface area (Å²) in [5.74, 6) is 0.245. The molecule has 2 unspecified atom stereocenters. The highest BCUT2D eigenvalue weighted by Gasteiger charge is 2.22. The maximum atomic E-state index is 9.45. The van der Waals surface area contributed by atoms with Crippen molar-refractivity contribution in [2.45, 2.75) is 63.5 Å². The summed E-state index contributed by atoms with van der Waals surface area (Å²) in [6.07, 6.45) is 7.75. The van der Waals surface area contributed by atoms with Crippen molar-refractivity contribution >= 4 is 0 Å². The summed E-state index contributed by atoms with van der Waals surface area (Å²) in [5.41, 5.74) is 1.25. The molecule has 19 heavy (non-hydrogen) atoms. The van der Waals surface area contributed by atoms with Gasteiger partial charge in [-0.25, -0.2) is 0 Å². The number of nitrogens with one attached hydrogen (secondary N) is 1. The van der Waals surface area contributed by atoms with Crippen molar-refractivity contribution in [1.82, 2.24) is 5.32 Å². The summed E-state index contributed by atoms with van der Waals surface area (Å²) < 4.78 is 0. The second-order valence-electron chi connectivity index (χ2n) is 5.66. The monoisotopic (exact) mass is 256 g/mol. The zero-order chi connectivity index (χ0) is 13.5. The molecule has 1 aromatic rings. The lowest BCUT2D eigenvalue weighted by molar-refractivity contribution is 0.405. The van der Waals surface area contributed by atoms with Crippen LogP contribution in [0.4, 0.5) is 0 Å². The Morgan fingerprint density at radius 3 is 2.32 bits per heavy atom. The van der Waals surface area contributed by atoms with E-state index < -0.39 is 0 Å². The Bertz CT molecular complexity index is 399. The van der Waals surface area contributed by atoms with Crippen molar-refractivity contribution in [3.05, 3.63) is 35.9 Å². The van der Waals surface area contributed by atoms with Gasteiger partial charge >= 0.3 is 0 Å². The van der Waals surface area contributed by atoms with E-state index in [-0.39, 0.29) is 12.0 Å². The van der Waals surface area contributed by atoms with Crippen molar-refractivity contribution < 1.29 is 0 Å². The number of nitrogens with zero attached hydrogens (tertiary/aromatic N) is 1. The van der Waals surface area contributed by atoms with Crippen LogP contribution in [0.2, 0.25) is 0 Å². The first-order valence-electron chi connectivity index (χ1n) is 7.52. The number of nitriles is 1. The second kappa shape index (κ2) is 7.31. The van der Waals surface area contributed by atoms with Crippen LogP contribution in [0, 0.1) is 11.3 Å². The minimum Gasteiger partial charge on any atom is -0.299 e. The van der Waals surface area contributed by atoms with Crippen molar-refractivity contribution in [1.29, 1.82) is 5.26 Å². The molecule has 2 rings (SSSR count). The third-order valence-electron chi connectivity index (χ3n) is 4.23. The molecule has 0 saturated heterocycles. The quantitative estimate of drug-likeness (QED) is 0.827. The molecule has 1 aromatic carbocycles. The molecular formula is C17H24N2. The minimum atomic E-state index is -0.0782. The molecule has 1 saturated carbocycles. The SMILES string of the molecule is CC(c1ccccc1)C(C#N)NC1CCCCCC1. The molecule has 0 aliphatic heterocycles. The van der Waals surface area contributed by atoms with Gasteiger partial charge in [-0.05, 0) is 18.4 Å². The minimum absolute atomic E-state index is 0.0782. The summed E-state index contributed by atoms with van der Waals surface area (Å²) >= 11 is 0. The fourth-order valence-electron chi connectivity index (χ4n) is 2.94. The summed E-state index contributed by atoms with van der Waals surface area (Å²) in [5, 5.41) is 13.0. The molecule has 0 bridgehead atoms. The molecule has 1 N–H and O–H groups in total. The van der Waals surface area contributed by atoms with Crippen molar-refractivity contribution in [2.24, 2.45) is 0 Å². The lowest BCUT2D eigenvalue weighted by Crippen LogP contribution is -2.40. The summed E-state index contributed by atoms with van der Waals surface area (Å²) in [4.78, 5) is 0. The zero-order valence-corrected chi connectivity index (χ0v) is 11.8. The first-order valence-corrected chi connectivity index (χ1v) is 7.52. The Morgan fingerprint density at radius 2 is 1.74 bits per heavy atom. The normalized spacial score (nSPS) is 20.2. The zero-order valence-electron chi connectivity index (χ0n) is 11.8. The molecule has 1 aliphatic carbocycles. The lowest BCUT2D eigenvalue weighted by atomic mass is 9.93. The number of benzene rings is 1. The average molecular weight is 256 g/mol. The molecule has 0 spiro atoms. The largest absolute Gasteiger partial charge is 0.299 e.